The van der Waals surface area contributed by atoms with E-state index in [1.165, 1.54) is 9.80 Å². The Kier molecular flexibility index (Phi) is 6.01. The van der Waals surface area contributed by atoms with Gasteiger partial charge in [0.1, 0.15) is 13.2 Å². The Bertz CT molecular complexity index is 1020. The Morgan fingerprint density at radius 1 is 1.25 bits per heavy atom. The second-order valence-corrected chi connectivity index (χ2v) is 7.51. The number of nitro groups is 1. The van der Waals surface area contributed by atoms with Gasteiger partial charge in [0, 0.05) is 19.1 Å². The molecule has 3 heterocycles. The molecule has 4 rings (SSSR count). The van der Waals surface area contributed by atoms with Crippen LogP contribution in [0.4, 0.5) is 10.6 Å². The number of hydrogen-bond donors (Lipinski definition) is 1. The molecular formula is C20H21N5O7. The molecule has 0 radical (unpaired) electrons. The van der Waals surface area contributed by atoms with E-state index in [4.69, 9.17) is 9.47 Å². The Balaban J connectivity index is 1.34. The van der Waals surface area contributed by atoms with Crippen molar-refractivity contribution in [2.75, 3.05) is 19.7 Å². The molecule has 12 nitrogen and oxygen atoms in total. The van der Waals surface area contributed by atoms with E-state index in [-0.39, 0.29) is 30.8 Å². The highest BCUT2D eigenvalue weighted by atomic mass is 16.6. The number of ether oxygens (including phenoxy) is 2. The SMILES string of the molecule is O=C(OCc1ccccc1)C1COC(=O)N1C1CCN(C(=O)c2cc([N+](=O)[O-])[nH]n2)CC1. The lowest BCUT2D eigenvalue weighted by Gasteiger charge is -2.36. The summed E-state index contributed by atoms with van der Waals surface area (Å²) in [6.07, 6.45) is 0.269. The Morgan fingerprint density at radius 2 is 1.97 bits per heavy atom. The van der Waals surface area contributed by atoms with Crippen LogP contribution in [0.25, 0.3) is 0 Å². The van der Waals surface area contributed by atoms with Crippen LogP contribution in [0.5, 0.6) is 0 Å². The minimum Gasteiger partial charge on any atom is -0.459 e. The van der Waals surface area contributed by atoms with Crippen molar-refractivity contribution in [1.29, 1.82) is 0 Å². The third-order valence-corrected chi connectivity index (χ3v) is 5.53. The van der Waals surface area contributed by atoms with Crippen LogP contribution in [0.15, 0.2) is 36.4 Å². The largest absolute Gasteiger partial charge is 0.459 e. The Morgan fingerprint density at radius 3 is 2.62 bits per heavy atom. The molecule has 1 aromatic carbocycles. The zero-order valence-corrected chi connectivity index (χ0v) is 17.0. The first kappa shape index (κ1) is 21.3. The highest BCUT2D eigenvalue weighted by Gasteiger charge is 2.44. The summed E-state index contributed by atoms with van der Waals surface area (Å²) in [6, 6.07) is 9.17. The zero-order valence-electron chi connectivity index (χ0n) is 17.0. The van der Waals surface area contributed by atoms with Gasteiger partial charge in [0.15, 0.2) is 11.7 Å². The topological polar surface area (TPSA) is 148 Å². The molecule has 32 heavy (non-hydrogen) atoms. The highest BCUT2D eigenvalue weighted by Crippen LogP contribution is 2.26. The number of nitrogens with zero attached hydrogens (tertiary/aromatic N) is 4. The quantitative estimate of drug-likeness (QED) is 0.401. The number of likely N-dealkylation sites (tertiary alicyclic amines) is 1. The van der Waals surface area contributed by atoms with Crippen molar-refractivity contribution in [2.45, 2.75) is 31.5 Å². The molecule has 0 aliphatic carbocycles. The third-order valence-electron chi connectivity index (χ3n) is 5.53. The van der Waals surface area contributed by atoms with Crippen molar-refractivity contribution < 1.29 is 28.8 Å². The number of piperidine rings is 1. The standard InChI is InChI=1S/C20H21N5O7/c26-18(15-10-17(22-21-15)25(29)30)23-8-6-14(7-9-23)24-16(12-32-20(24)28)19(27)31-11-13-4-2-1-3-5-13/h1-5,10,14,16H,6-9,11-12H2,(H,21,22). The van der Waals surface area contributed by atoms with Crippen LogP contribution >= 0.6 is 0 Å². The molecule has 1 unspecified atom stereocenters. The predicted molar refractivity (Wildman–Crippen MR) is 107 cm³/mol. The summed E-state index contributed by atoms with van der Waals surface area (Å²) in [6.45, 7) is 0.628. The molecule has 2 saturated heterocycles. The van der Waals surface area contributed by atoms with Gasteiger partial charge in [-0.15, -0.1) is 5.10 Å². The number of esters is 1. The van der Waals surface area contributed by atoms with Crippen molar-refractivity contribution in [1.82, 2.24) is 20.0 Å². The second kappa shape index (κ2) is 9.04. The molecule has 2 amide bonds. The molecule has 168 valence electrons. The van der Waals surface area contributed by atoms with Crippen molar-refractivity contribution in [3.8, 4) is 0 Å². The average Bonchev–Trinajstić information content (AvgIpc) is 3.45. The van der Waals surface area contributed by atoms with E-state index in [0.29, 0.717) is 25.9 Å². The van der Waals surface area contributed by atoms with Gasteiger partial charge in [-0.25, -0.2) is 9.59 Å². The highest BCUT2D eigenvalue weighted by molar-refractivity contribution is 5.93. The summed E-state index contributed by atoms with van der Waals surface area (Å²) in [5, 5.41) is 16.7. The molecule has 1 aromatic heterocycles. The number of aromatic amines is 1. The zero-order chi connectivity index (χ0) is 22.7. The number of benzene rings is 1. The van der Waals surface area contributed by atoms with Crippen LogP contribution in [0, 0.1) is 10.1 Å². The van der Waals surface area contributed by atoms with Gasteiger partial charge in [-0.3, -0.25) is 9.69 Å². The van der Waals surface area contributed by atoms with E-state index in [0.717, 1.165) is 11.6 Å². The van der Waals surface area contributed by atoms with Gasteiger partial charge >= 0.3 is 17.9 Å². The van der Waals surface area contributed by atoms with Gasteiger partial charge in [0.25, 0.3) is 5.91 Å². The number of carbonyl (C=O) groups is 3. The van der Waals surface area contributed by atoms with Gasteiger partial charge < -0.3 is 24.5 Å². The minimum atomic E-state index is -0.840. The van der Waals surface area contributed by atoms with Crippen LogP contribution in [-0.2, 0) is 20.9 Å². The number of amides is 2. The molecule has 12 heteroatoms. The number of rotatable bonds is 6. The lowest BCUT2D eigenvalue weighted by atomic mass is 10.0. The van der Waals surface area contributed by atoms with Gasteiger partial charge in [-0.05, 0) is 23.3 Å². The van der Waals surface area contributed by atoms with Crippen molar-refractivity contribution >= 4 is 23.8 Å². The molecule has 2 aromatic rings. The summed E-state index contributed by atoms with van der Waals surface area (Å²) >= 11 is 0. The molecule has 0 spiro atoms. The summed E-state index contributed by atoms with van der Waals surface area (Å²) in [4.78, 5) is 50.5. The maximum absolute atomic E-state index is 12.6. The van der Waals surface area contributed by atoms with Gasteiger partial charge in [-0.2, -0.15) is 0 Å². The summed E-state index contributed by atoms with van der Waals surface area (Å²) in [7, 11) is 0. The fourth-order valence-corrected chi connectivity index (χ4v) is 3.87. The Hall–Kier alpha value is -3.96. The molecule has 1 N–H and O–H groups in total. The van der Waals surface area contributed by atoms with Crippen molar-refractivity contribution in [3.05, 3.63) is 57.8 Å². The first-order chi connectivity index (χ1) is 15.4. The number of cyclic esters (lactones) is 1. The lowest BCUT2D eigenvalue weighted by Crippen LogP contribution is -2.52. The molecule has 2 fully saturated rings. The summed E-state index contributed by atoms with van der Waals surface area (Å²) < 4.78 is 10.5. The summed E-state index contributed by atoms with van der Waals surface area (Å²) in [5.41, 5.74) is 0.793. The first-order valence-electron chi connectivity index (χ1n) is 10.1. The smallest absolute Gasteiger partial charge is 0.410 e. The fraction of sp³-hybridized carbons (Fsp3) is 0.400. The van der Waals surface area contributed by atoms with Crippen LogP contribution < -0.4 is 0 Å². The van der Waals surface area contributed by atoms with E-state index in [1.54, 1.807) is 0 Å². The van der Waals surface area contributed by atoms with Crippen LogP contribution in [0.1, 0.15) is 28.9 Å². The maximum Gasteiger partial charge on any atom is 0.410 e. The fourth-order valence-electron chi connectivity index (χ4n) is 3.87. The van der Waals surface area contributed by atoms with Crippen LogP contribution in [-0.4, -0.2) is 74.7 Å². The number of hydrogen-bond acceptors (Lipinski definition) is 8. The minimum absolute atomic E-state index is 0.0434. The number of H-pyrrole nitrogens is 1. The number of carbonyl (C=O) groups excluding carboxylic acids is 3. The molecule has 1 atom stereocenters. The van der Waals surface area contributed by atoms with E-state index in [2.05, 4.69) is 10.2 Å². The average molecular weight is 443 g/mol. The molecule has 0 bridgehead atoms. The normalized spacial score (nSPS) is 19.0. The number of aromatic nitrogens is 2. The van der Waals surface area contributed by atoms with E-state index >= 15 is 0 Å². The van der Waals surface area contributed by atoms with Gasteiger partial charge in [0.2, 0.25) is 0 Å². The third kappa shape index (κ3) is 4.38. The molecule has 0 saturated carbocycles. The predicted octanol–water partition coefficient (Wildman–Crippen LogP) is 1.49. The van der Waals surface area contributed by atoms with Crippen LogP contribution in [0.2, 0.25) is 0 Å². The maximum atomic E-state index is 12.6. The van der Waals surface area contributed by atoms with Crippen LogP contribution in [0.3, 0.4) is 0 Å². The monoisotopic (exact) mass is 443 g/mol. The van der Waals surface area contributed by atoms with Crippen molar-refractivity contribution in [2.24, 2.45) is 0 Å². The summed E-state index contributed by atoms with van der Waals surface area (Å²) in [5.74, 6) is -1.34. The molecule has 2 aliphatic rings. The first-order valence-corrected chi connectivity index (χ1v) is 10.1. The Labute approximate surface area is 182 Å². The second-order valence-electron chi connectivity index (χ2n) is 7.51. The van der Waals surface area contributed by atoms with Crippen molar-refractivity contribution in [3.63, 3.8) is 0 Å². The van der Waals surface area contributed by atoms with E-state index in [9.17, 15) is 24.5 Å². The van der Waals surface area contributed by atoms with Gasteiger partial charge in [-0.1, -0.05) is 35.4 Å². The number of nitrogens with one attached hydrogen (secondary N) is 1. The van der Waals surface area contributed by atoms with Gasteiger partial charge in [0.05, 0.1) is 6.07 Å². The van der Waals surface area contributed by atoms with E-state index < -0.39 is 28.9 Å². The molecule has 2 aliphatic heterocycles. The van der Waals surface area contributed by atoms with E-state index in [1.807, 2.05) is 30.3 Å². The molecular weight excluding hydrogens is 422 g/mol. The lowest BCUT2D eigenvalue weighted by molar-refractivity contribution is -0.389.